The minimum Gasteiger partial charge on any atom is -0.456 e. The van der Waals surface area contributed by atoms with Gasteiger partial charge in [0.25, 0.3) is 0 Å². The lowest BCUT2D eigenvalue weighted by atomic mass is 10.1. The van der Waals surface area contributed by atoms with Gasteiger partial charge >= 0.3 is 0 Å². The van der Waals surface area contributed by atoms with Crippen molar-refractivity contribution in [2.45, 2.75) is 19.6 Å². The summed E-state index contributed by atoms with van der Waals surface area (Å²) in [6.45, 7) is 1.69. The maximum atomic E-state index is 9.42. The first-order valence-electron chi connectivity index (χ1n) is 8.59. The summed E-state index contributed by atoms with van der Waals surface area (Å²) in [6.07, 6.45) is 7.01. The summed E-state index contributed by atoms with van der Waals surface area (Å²) in [5.41, 5.74) is 3.55. The monoisotopic (exact) mass is 355 g/mol. The van der Waals surface area contributed by atoms with Crippen molar-refractivity contribution < 1.29 is 4.74 Å². The number of hydrogen-bond donors (Lipinski definition) is 0. The molecular weight excluding hydrogens is 338 g/mol. The zero-order valence-corrected chi connectivity index (χ0v) is 14.6. The van der Waals surface area contributed by atoms with Gasteiger partial charge in [-0.15, -0.1) is 0 Å². The van der Waals surface area contributed by atoms with Crippen LogP contribution in [-0.4, -0.2) is 22.0 Å². The van der Waals surface area contributed by atoms with Crippen LogP contribution in [0.5, 0.6) is 11.5 Å². The molecule has 0 unspecified atom stereocenters. The third kappa shape index (κ3) is 3.93. The molecule has 0 aliphatic carbocycles. The maximum absolute atomic E-state index is 9.42. The van der Waals surface area contributed by atoms with Crippen molar-refractivity contribution in [2.75, 3.05) is 0 Å². The van der Waals surface area contributed by atoms with Crippen LogP contribution in [0, 0.1) is 11.3 Å². The average Bonchev–Trinajstić information content (AvgIpc) is 3.11. The lowest BCUT2D eigenvalue weighted by Crippen LogP contribution is -2.03. The van der Waals surface area contributed by atoms with E-state index < -0.39 is 0 Å². The van der Waals surface area contributed by atoms with Crippen LogP contribution >= 0.6 is 0 Å². The smallest absolute Gasteiger partial charge is 0.145 e. The highest BCUT2D eigenvalue weighted by Gasteiger charge is 2.09. The molecule has 6 heteroatoms. The Kier molecular flexibility index (Phi) is 4.75. The quantitative estimate of drug-likeness (QED) is 0.616. The van der Waals surface area contributed by atoms with Gasteiger partial charge in [-0.3, -0.25) is 9.98 Å². The molecule has 132 valence electrons. The molecule has 0 fully saturated rings. The minimum atomic E-state index is 0.499. The van der Waals surface area contributed by atoms with E-state index in [2.05, 4.69) is 21.0 Å². The van der Waals surface area contributed by atoms with E-state index in [-0.39, 0.29) is 0 Å². The van der Waals surface area contributed by atoms with Gasteiger partial charge in [0, 0.05) is 19.0 Å². The van der Waals surface area contributed by atoms with Gasteiger partial charge in [-0.05, 0) is 35.4 Å². The molecule has 0 saturated carbocycles. The van der Waals surface area contributed by atoms with Crippen molar-refractivity contribution in [1.82, 2.24) is 9.55 Å². The molecule has 27 heavy (non-hydrogen) atoms. The second kappa shape index (κ2) is 7.67. The van der Waals surface area contributed by atoms with E-state index in [0.717, 1.165) is 16.8 Å². The fourth-order valence-corrected chi connectivity index (χ4v) is 2.89. The molecule has 0 N–H and O–H groups in total. The topological polar surface area (TPSA) is 75.6 Å². The summed E-state index contributed by atoms with van der Waals surface area (Å²) in [6, 6.07) is 15.5. The molecule has 2 aromatic carbocycles. The van der Waals surface area contributed by atoms with Crippen LogP contribution in [0.1, 0.15) is 22.4 Å². The van der Waals surface area contributed by atoms with E-state index in [1.165, 1.54) is 0 Å². The van der Waals surface area contributed by atoms with Crippen LogP contribution in [0.4, 0.5) is 0 Å². The Morgan fingerprint density at radius 1 is 1.00 bits per heavy atom. The summed E-state index contributed by atoms with van der Waals surface area (Å²) in [4.78, 5) is 13.0. The molecule has 4 bridgehead atoms. The van der Waals surface area contributed by atoms with Crippen molar-refractivity contribution in [2.24, 2.45) is 9.98 Å². The third-order valence-corrected chi connectivity index (χ3v) is 4.25. The van der Waals surface area contributed by atoms with Crippen molar-refractivity contribution in [3.05, 3.63) is 77.4 Å². The van der Waals surface area contributed by atoms with Crippen LogP contribution in [0.2, 0.25) is 0 Å². The highest BCUT2D eigenvalue weighted by atomic mass is 16.5. The first kappa shape index (κ1) is 16.7. The van der Waals surface area contributed by atoms with Crippen LogP contribution in [0.3, 0.4) is 0 Å². The van der Waals surface area contributed by atoms with Gasteiger partial charge in [-0.2, -0.15) is 5.26 Å². The number of benzene rings is 2. The molecule has 4 rings (SSSR count). The van der Waals surface area contributed by atoms with Crippen LogP contribution in [0.25, 0.3) is 0 Å². The molecule has 1 aliphatic rings. The summed E-state index contributed by atoms with van der Waals surface area (Å²) in [5, 5.41) is 9.42. The van der Waals surface area contributed by atoms with E-state index in [1.807, 2.05) is 47.2 Å². The average molecular weight is 355 g/mol. The number of fused-ring (bicyclic) bond motifs is 5. The Labute approximate surface area is 157 Å². The van der Waals surface area contributed by atoms with E-state index in [0.29, 0.717) is 36.7 Å². The number of nitrogens with zero attached hydrogens (tertiary/aromatic N) is 5. The first-order chi connectivity index (χ1) is 13.3. The summed E-state index contributed by atoms with van der Waals surface area (Å²) in [5.74, 6) is 1.22. The molecule has 6 nitrogen and oxygen atoms in total. The largest absolute Gasteiger partial charge is 0.456 e. The Hall–Kier alpha value is -3.72. The number of ether oxygens (including phenoxy) is 1. The first-order valence-corrected chi connectivity index (χ1v) is 8.59. The maximum Gasteiger partial charge on any atom is 0.145 e. The number of imidazole rings is 1. The number of aromatic nitrogens is 2. The predicted octanol–water partition coefficient (Wildman–Crippen LogP) is 3.75. The van der Waals surface area contributed by atoms with Crippen molar-refractivity contribution in [3.8, 4) is 17.6 Å². The van der Waals surface area contributed by atoms with Gasteiger partial charge in [0.15, 0.2) is 0 Å². The lowest BCUT2D eigenvalue weighted by molar-refractivity contribution is 0.479. The third-order valence-electron chi connectivity index (χ3n) is 4.25. The zero-order valence-electron chi connectivity index (χ0n) is 14.6. The molecule has 1 aliphatic heterocycles. The van der Waals surface area contributed by atoms with E-state index in [4.69, 9.17) is 4.74 Å². The predicted molar refractivity (Wildman–Crippen MR) is 103 cm³/mol. The Bertz CT molecular complexity index is 1060. The van der Waals surface area contributed by atoms with Gasteiger partial charge in [-0.1, -0.05) is 18.2 Å². The number of aliphatic imine (C=N–C) groups is 2. The highest BCUT2D eigenvalue weighted by Crippen LogP contribution is 2.27. The molecule has 0 atom stereocenters. The van der Waals surface area contributed by atoms with Crippen LogP contribution < -0.4 is 4.74 Å². The minimum absolute atomic E-state index is 0.499. The second-order valence-electron chi connectivity index (χ2n) is 6.18. The Morgan fingerprint density at radius 2 is 1.89 bits per heavy atom. The van der Waals surface area contributed by atoms with Crippen molar-refractivity contribution >= 4 is 12.4 Å². The van der Waals surface area contributed by atoms with E-state index >= 15 is 0 Å². The molecular formula is C21H17N5O. The molecule has 3 aromatic rings. The lowest BCUT2D eigenvalue weighted by Gasteiger charge is -2.12. The molecule has 0 saturated heterocycles. The van der Waals surface area contributed by atoms with Crippen LogP contribution in [0.15, 0.2) is 65.0 Å². The summed E-state index contributed by atoms with van der Waals surface area (Å²) in [7, 11) is 0. The van der Waals surface area contributed by atoms with Gasteiger partial charge in [-0.25, -0.2) is 4.98 Å². The number of rotatable bonds is 0. The standard InChI is InChI=1S/C21H17N5O/c22-10-18-5-4-17-9-21(18)27-20-3-1-2-16(8-20)11-23-6-7-24-12-19-13-25-15-26(19)14-17/h1-9,13,15H,11-12,14H2. The number of nitriles is 1. The molecule has 2 heterocycles. The SMILES string of the molecule is N#Cc1ccc2cc1Oc1cccc(c1)CN=CC=NCc1cncn1C2. The Balaban J connectivity index is 1.76. The summed E-state index contributed by atoms with van der Waals surface area (Å²) < 4.78 is 8.06. The Morgan fingerprint density at radius 3 is 2.78 bits per heavy atom. The molecule has 0 spiro atoms. The van der Waals surface area contributed by atoms with Gasteiger partial charge < -0.3 is 9.30 Å². The number of hydrogen-bond acceptors (Lipinski definition) is 5. The highest BCUT2D eigenvalue weighted by molar-refractivity contribution is 6.15. The molecule has 1 aromatic heterocycles. The van der Waals surface area contributed by atoms with Gasteiger partial charge in [0.1, 0.15) is 17.6 Å². The molecule has 0 radical (unpaired) electrons. The zero-order chi connectivity index (χ0) is 18.5. The fraction of sp³-hybridized carbons (Fsp3) is 0.143. The molecule has 0 amide bonds. The van der Waals surface area contributed by atoms with Gasteiger partial charge in [0.05, 0.1) is 36.9 Å². The second-order valence-corrected chi connectivity index (χ2v) is 6.18. The van der Waals surface area contributed by atoms with Crippen molar-refractivity contribution in [1.29, 1.82) is 5.26 Å². The van der Waals surface area contributed by atoms with Crippen LogP contribution in [-0.2, 0) is 19.6 Å². The summed E-state index contributed by atoms with van der Waals surface area (Å²) >= 11 is 0. The van der Waals surface area contributed by atoms with E-state index in [9.17, 15) is 5.26 Å². The van der Waals surface area contributed by atoms with E-state index in [1.54, 1.807) is 24.8 Å². The normalized spacial score (nSPS) is 13.4. The van der Waals surface area contributed by atoms with Gasteiger partial charge in [0.2, 0.25) is 0 Å². The van der Waals surface area contributed by atoms with Crippen molar-refractivity contribution in [3.63, 3.8) is 0 Å². The fourth-order valence-electron chi connectivity index (χ4n) is 2.89.